The van der Waals surface area contributed by atoms with Gasteiger partial charge >= 0.3 is 0 Å². The monoisotopic (exact) mass is 300 g/mol. The van der Waals surface area contributed by atoms with Gasteiger partial charge in [0.05, 0.1) is 11.6 Å². The van der Waals surface area contributed by atoms with Crippen LogP contribution in [0.3, 0.4) is 0 Å². The quantitative estimate of drug-likeness (QED) is 0.948. The summed E-state index contributed by atoms with van der Waals surface area (Å²) in [6, 6.07) is 5.72. The highest BCUT2D eigenvalue weighted by molar-refractivity contribution is 9.10. The Bertz CT molecular complexity index is 497. The molecule has 0 atom stereocenters. The Morgan fingerprint density at radius 3 is 2.94 bits per heavy atom. The normalized spacial score (nSPS) is 10.4. The molecule has 1 heterocycles. The van der Waals surface area contributed by atoms with Crippen molar-refractivity contribution in [1.82, 2.24) is 14.8 Å². The molecule has 16 heavy (non-hydrogen) atoms. The van der Waals surface area contributed by atoms with Gasteiger partial charge in [0.2, 0.25) is 0 Å². The van der Waals surface area contributed by atoms with Crippen LogP contribution in [0.2, 0.25) is 5.02 Å². The molecular weight excluding hydrogens is 291 g/mol. The van der Waals surface area contributed by atoms with Gasteiger partial charge in [-0.25, -0.2) is 4.98 Å². The van der Waals surface area contributed by atoms with Crippen molar-refractivity contribution in [1.29, 1.82) is 0 Å². The lowest BCUT2D eigenvalue weighted by Gasteiger charge is -2.06. The maximum atomic E-state index is 5.99. The fourth-order valence-corrected chi connectivity index (χ4v) is 1.69. The molecule has 0 saturated carbocycles. The Labute approximate surface area is 107 Å². The highest BCUT2D eigenvalue weighted by atomic mass is 79.9. The van der Waals surface area contributed by atoms with Gasteiger partial charge in [0.15, 0.2) is 0 Å². The zero-order chi connectivity index (χ0) is 11.5. The fraction of sp³-hybridized carbons (Fsp3) is 0.200. The highest BCUT2D eigenvalue weighted by Gasteiger charge is 2.02. The van der Waals surface area contributed by atoms with E-state index < -0.39 is 0 Å². The smallest absolute Gasteiger partial charge is 0.145 e. The Kier molecular flexibility index (Phi) is 3.46. The van der Waals surface area contributed by atoms with Gasteiger partial charge < -0.3 is 5.32 Å². The molecule has 0 aliphatic carbocycles. The maximum Gasteiger partial charge on any atom is 0.145 e. The van der Waals surface area contributed by atoms with E-state index in [2.05, 4.69) is 31.3 Å². The standard InChI is InChI=1S/C10H10BrClN4/c1-16-10(14-6-15-16)5-13-7-2-3-8(11)9(12)4-7/h2-4,6,13H,5H2,1H3. The summed E-state index contributed by atoms with van der Waals surface area (Å²) in [7, 11) is 1.86. The second-order valence-electron chi connectivity index (χ2n) is 3.28. The predicted octanol–water partition coefficient (Wildman–Crippen LogP) is 2.84. The summed E-state index contributed by atoms with van der Waals surface area (Å²) < 4.78 is 2.62. The SMILES string of the molecule is Cn1ncnc1CNc1ccc(Br)c(Cl)c1. The Hall–Kier alpha value is -1.07. The lowest BCUT2D eigenvalue weighted by Crippen LogP contribution is -2.06. The van der Waals surface area contributed by atoms with Gasteiger partial charge in [-0.15, -0.1) is 0 Å². The molecular formula is C10H10BrClN4. The predicted molar refractivity (Wildman–Crippen MR) is 67.5 cm³/mol. The van der Waals surface area contributed by atoms with Gasteiger partial charge in [-0.05, 0) is 34.1 Å². The number of anilines is 1. The molecule has 0 fully saturated rings. The van der Waals surface area contributed by atoms with E-state index in [1.54, 1.807) is 4.68 Å². The number of nitrogens with zero attached hydrogens (tertiary/aromatic N) is 3. The minimum Gasteiger partial charge on any atom is -0.378 e. The van der Waals surface area contributed by atoms with E-state index in [0.717, 1.165) is 16.0 Å². The molecule has 0 unspecified atom stereocenters. The van der Waals surface area contributed by atoms with Crippen LogP contribution in [0.15, 0.2) is 29.0 Å². The summed E-state index contributed by atoms with van der Waals surface area (Å²) >= 11 is 9.33. The number of aromatic nitrogens is 3. The van der Waals surface area contributed by atoms with Crippen LogP contribution >= 0.6 is 27.5 Å². The molecule has 0 radical (unpaired) electrons. The van der Waals surface area contributed by atoms with E-state index in [4.69, 9.17) is 11.6 Å². The number of hydrogen-bond donors (Lipinski definition) is 1. The van der Waals surface area contributed by atoms with Crippen LogP contribution in [-0.4, -0.2) is 14.8 Å². The Morgan fingerprint density at radius 1 is 1.50 bits per heavy atom. The lowest BCUT2D eigenvalue weighted by atomic mass is 10.3. The number of nitrogens with one attached hydrogen (secondary N) is 1. The zero-order valence-electron chi connectivity index (χ0n) is 8.61. The van der Waals surface area contributed by atoms with Crippen LogP contribution in [0.1, 0.15) is 5.82 Å². The Morgan fingerprint density at radius 2 is 2.31 bits per heavy atom. The van der Waals surface area contributed by atoms with Crippen LogP contribution in [-0.2, 0) is 13.6 Å². The highest BCUT2D eigenvalue weighted by Crippen LogP contribution is 2.25. The van der Waals surface area contributed by atoms with Crippen LogP contribution in [0.5, 0.6) is 0 Å². The topological polar surface area (TPSA) is 42.7 Å². The van der Waals surface area contributed by atoms with Crippen molar-refractivity contribution < 1.29 is 0 Å². The number of hydrogen-bond acceptors (Lipinski definition) is 3. The van der Waals surface area contributed by atoms with Crippen molar-refractivity contribution in [3.8, 4) is 0 Å². The number of benzene rings is 1. The van der Waals surface area contributed by atoms with Crippen molar-refractivity contribution in [2.45, 2.75) is 6.54 Å². The van der Waals surface area contributed by atoms with Gasteiger partial charge in [-0.1, -0.05) is 11.6 Å². The van der Waals surface area contributed by atoms with Crippen molar-refractivity contribution in [3.05, 3.63) is 39.8 Å². The number of aryl methyl sites for hydroxylation is 1. The second-order valence-corrected chi connectivity index (χ2v) is 4.54. The summed E-state index contributed by atoms with van der Waals surface area (Å²) in [4.78, 5) is 4.12. The van der Waals surface area contributed by atoms with E-state index in [-0.39, 0.29) is 0 Å². The lowest BCUT2D eigenvalue weighted by molar-refractivity contribution is 0.712. The number of halogens is 2. The van der Waals surface area contributed by atoms with E-state index >= 15 is 0 Å². The van der Waals surface area contributed by atoms with E-state index in [1.807, 2.05) is 25.2 Å². The third-order valence-corrected chi connectivity index (χ3v) is 3.41. The van der Waals surface area contributed by atoms with Gasteiger partial charge in [-0.2, -0.15) is 5.10 Å². The second kappa shape index (κ2) is 4.84. The minimum absolute atomic E-state index is 0.620. The molecule has 0 saturated heterocycles. The van der Waals surface area contributed by atoms with Crippen LogP contribution in [0.4, 0.5) is 5.69 Å². The van der Waals surface area contributed by atoms with Gasteiger partial charge in [0.25, 0.3) is 0 Å². The molecule has 2 rings (SSSR count). The summed E-state index contributed by atoms with van der Waals surface area (Å²) in [6.07, 6.45) is 1.53. The summed E-state index contributed by atoms with van der Waals surface area (Å²) in [6.45, 7) is 0.620. The summed E-state index contributed by atoms with van der Waals surface area (Å²) in [5, 5.41) is 7.90. The molecule has 0 aliphatic heterocycles. The molecule has 84 valence electrons. The summed E-state index contributed by atoms with van der Waals surface area (Å²) in [5.74, 6) is 0.874. The molecule has 6 heteroatoms. The molecule has 0 bridgehead atoms. The first-order valence-electron chi connectivity index (χ1n) is 4.68. The zero-order valence-corrected chi connectivity index (χ0v) is 11.0. The molecule has 4 nitrogen and oxygen atoms in total. The first-order valence-corrected chi connectivity index (χ1v) is 5.85. The fourth-order valence-electron chi connectivity index (χ4n) is 1.27. The van der Waals surface area contributed by atoms with Gasteiger partial charge in [-0.3, -0.25) is 4.68 Å². The number of rotatable bonds is 3. The minimum atomic E-state index is 0.620. The van der Waals surface area contributed by atoms with Gasteiger partial charge in [0, 0.05) is 17.2 Å². The summed E-state index contributed by atoms with van der Waals surface area (Å²) in [5.41, 5.74) is 0.955. The molecule has 1 aromatic carbocycles. The average Bonchev–Trinajstić information content (AvgIpc) is 2.66. The molecule has 0 aliphatic rings. The van der Waals surface area contributed by atoms with Crippen molar-refractivity contribution in [2.24, 2.45) is 7.05 Å². The molecule has 1 N–H and O–H groups in total. The van der Waals surface area contributed by atoms with E-state index in [1.165, 1.54) is 6.33 Å². The van der Waals surface area contributed by atoms with E-state index in [0.29, 0.717) is 11.6 Å². The van der Waals surface area contributed by atoms with Crippen LogP contribution in [0, 0.1) is 0 Å². The van der Waals surface area contributed by atoms with Crippen molar-refractivity contribution in [2.75, 3.05) is 5.32 Å². The third-order valence-electron chi connectivity index (χ3n) is 2.18. The van der Waals surface area contributed by atoms with Crippen molar-refractivity contribution >= 4 is 33.2 Å². The van der Waals surface area contributed by atoms with Crippen LogP contribution < -0.4 is 5.32 Å². The third kappa shape index (κ3) is 2.54. The average molecular weight is 302 g/mol. The van der Waals surface area contributed by atoms with E-state index in [9.17, 15) is 0 Å². The van der Waals surface area contributed by atoms with Crippen LogP contribution in [0.25, 0.3) is 0 Å². The molecule has 1 aromatic heterocycles. The largest absolute Gasteiger partial charge is 0.378 e. The molecule has 2 aromatic rings. The van der Waals surface area contributed by atoms with Gasteiger partial charge in [0.1, 0.15) is 12.2 Å². The first kappa shape index (κ1) is 11.4. The molecule has 0 spiro atoms. The Balaban J connectivity index is 2.05. The maximum absolute atomic E-state index is 5.99. The first-order chi connectivity index (χ1) is 7.66. The molecule has 0 amide bonds. The van der Waals surface area contributed by atoms with Crippen molar-refractivity contribution in [3.63, 3.8) is 0 Å².